The normalized spacial score (nSPS) is 10.9. The monoisotopic (exact) mass is 340 g/mol. The number of nitrogen functional groups attached to an aromatic ring is 1. The summed E-state index contributed by atoms with van der Waals surface area (Å²) in [5, 5.41) is 0. The summed E-state index contributed by atoms with van der Waals surface area (Å²) >= 11 is 1.71. The summed E-state index contributed by atoms with van der Waals surface area (Å²) in [7, 11) is 1.62. The van der Waals surface area contributed by atoms with Crippen LogP contribution >= 0.6 is 11.3 Å². The quantitative estimate of drug-likeness (QED) is 0.774. The summed E-state index contributed by atoms with van der Waals surface area (Å²) in [6, 6.07) is 9.95. The van der Waals surface area contributed by atoms with E-state index in [4.69, 9.17) is 5.73 Å². The highest BCUT2D eigenvalue weighted by atomic mass is 32.1. The molecule has 0 saturated heterocycles. The van der Waals surface area contributed by atoms with Crippen LogP contribution in [0, 0.1) is 6.92 Å². The predicted octanol–water partition coefficient (Wildman–Crippen LogP) is 2.50. The van der Waals surface area contributed by atoms with E-state index in [2.05, 4.69) is 34.2 Å². The van der Waals surface area contributed by atoms with Crippen molar-refractivity contribution in [1.29, 1.82) is 0 Å². The van der Waals surface area contributed by atoms with Gasteiger partial charge in [-0.15, -0.1) is 11.3 Å². The van der Waals surface area contributed by atoms with Crippen molar-refractivity contribution in [2.24, 2.45) is 7.05 Å². The Morgan fingerprint density at radius 2 is 2.00 bits per heavy atom. The molecule has 2 aromatic heterocycles. The van der Waals surface area contributed by atoms with E-state index in [0.29, 0.717) is 12.1 Å². The first kappa shape index (κ1) is 16.4. The fourth-order valence-corrected chi connectivity index (χ4v) is 3.41. The molecule has 0 amide bonds. The van der Waals surface area contributed by atoms with E-state index in [1.807, 2.05) is 12.4 Å². The molecule has 0 saturated carbocycles. The number of hydrogen-bond acceptors (Lipinski definition) is 5. The summed E-state index contributed by atoms with van der Waals surface area (Å²) < 4.78 is 1.34. The van der Waals surface area contributed by atoms with Gasteiger partial charge in [-0.1, -0.05) is 24.3 Å². The number of rotatable bonds is 5. The molecule has 0 spiro atoms. The van der Waals surface area contributed by atoms with Crippen molar-refractivity contribution in [2.75, 3.05) is 5.73 Å². The van der Waals surface area contributed by atoms with Gasteiger partial charge in [-0.3, -0.25) is 9.36 Å². The number of thiazole rings is 1. The standard InChI is InChI=1S/C18H20N4OS/c1-12-16(24-11-20-12)7-6-13-4-3-5-14(8-13)9-15-10-17(23)22(2)18(19)21-15/h3-5,8,10-11H,6-7,9H2,1-2H3,(H2,19,21). The lowest BCUT2D eigenvalue weighted by molar-refractivity contribution is 0.824. The molecule has 0 aliphatic carbocycles. The molecule has 0 bridgehead atoms. The molecule has 3 rings (SSSR count). The van der Waals surface area contributed by atoms with Crippen molar-refractivity contribution in [1.82, 2.24) is 14.5 Å². The van der Waals surface area contributed by atoms with Crippen LogP contribution in [0.15, 0.2) is 40.6 Å². The lowest BCUT2D eigenvalue weighted by Crippen LogP contribution is -2.21. The third-order valence-electron chi connectivity index (χ3n) is 4.08. The van der Waals surface area contributed by atoms with Gasteiger partial charge < -0.3 is 5.73 Å². The van der Waals surface area contributed by atoms with Gasteiger partial charge >= 0.3 is 0 Å². The summed E-state index contributed by atoms with van der Waals surface area (Å²) in [5.74, 6) is 0.245. The van der Waals surface area contributed by atoms with Gasteiger partial charge in [-0.05, 0) is 30.9 Å². The SMILES string of the molecule is Cc1ncsc1CCc1cccc(Cc2cc(=O)n(C)c(N)n2)c1. The summed E-state index contributed by atoms with van der Waals surface area (Å²) in [4.78, 5) is 21.7. The Balaban J connectivity index is 1.73. The highest BCUT2D eigenvalue weighted by molar-refractivity contribution is 7.09. The molecular formula is C18H20N4OS. The number of nitrogens with two attached hydrogens (primary N) is 1. The smallest absolute Gasteiger partial charge is 0.254 e. The predicted molar refractivity (Wildman–Crippen MR) is 97.4 cm³/mol. The second-order valence-corrected chi connectivity index (χ2v) is 6.80. The molecule has 2 heterocycles. The molecule has 5 nitrogen and oxygen atoms in total. The third-order valence-corrected chi connectivity index (χ3v) is 5.08. The zero-order chi connectivity index (χ0) is 17.1. The number of hydrogen-bond donors (Lipinski definition) is 1. The maximum Gasteiger partial charge on any atom is 0.254 e. The first-order valence-corrected chi connectivity index (χ1v) is 8.70. The molecule has 6 heteroatoms. The van der Waals surface area contributed by atoms with E-state index in [-0.39, 0.29) is 11.5 Å². The van der Waals surface area contributed by atoms with E-state index < -0.39 is 0 Å². The van der Waals surface area contributed by atoms with Crippen LogP contribution < -0.4 is 11.3 Å². The average molecular weight is 340 g/mol. The number of aryl methyl sites for hydroxylation is 3. The molecule has 0 radical (unpaired) electrons. The second-order valence-electron chi connectivity index (χ2n) is 5.86. The Kier molecular flexibility index (Phi) is 4.76. The maximum atomic E-state index is 11.8. The molecule has 124 valence electrons. The molecule has 2 N–H and O–H groups in total. The third kappa shape index (κ3) is 3.71. The molecule has 0 aliphatic rings. The number of benzene rings is 1. The van der Waals surface area contributed by atoms with Crippen LogP contribution in [-0.2, 0) is 26.3 Å². The van der Waals surface area contributed by atoms with E-state index in [1.54, 1.807) is 24.5 Å². The summed E-state index contributed by atoms with van der Waals surface area (Å²) in [6.45, 7) is 2.05. The first-order valence-electron chi connectivity index (χ1n) is 7.82. The number of nitrogens with zero attached hydrogens (tertiary/aromatic N) is 3. The van der Waals surface area contributed by atoms with Gasteiger partial charge in [-0.2, -0.15) is 0 Å². The highest BCUT2D eigenvalue weighted by Crippen LogP contribution is 2.17. The van der Waals surface area contributed by atoms with Crippen LogP contribution in [0.2, 0.25) is 0 Å². The molecule has 0 unspecified atom stereocenters. The lowest BCUT2D eigenvalue weighted by Gasteiger charge is -2.07. The second kappa shape index (κ2) is 6.97. The van der Waals surface area contributed by atoms with E-state index >= 15 is 0 Å². The van der Waals surface area contributed by atoms with Crippen molar-refractivity contribution in [3.8, 4) is 0 Å². The Labute approximate surface area is 144 Å². The zero-order valence-corrected chi connectivity index (χ0v) is 14.6. The lowest BCUT2D eigenvalue weighted by atomic mass is 10.0. The van der Waals surface area contributed by atoms with Crippen molar-refractivity contribution >= 4 is 17.3 Å². The van der Waals surface area contributed by atoms with Gasteiger partial charge in [-0.25, -0.2) is 9.97 Å². The Morgan fingerprint density at radius 3 is 2.71 bits per heavy atom. The van der Waals surface area contributed by atoms with Crippen LogP contribution in [-0.4, -0.2) is 14.5 Å². The largest absolute Gasteiger partial charge is 0.369 e. The van der Waals surface area contributed by atoms with Gasteiger partial charge in [0.2, 0.25) is 5.95 Å². The van der Waals surface area contributed by atoms with E-state index in [0.717, 1.165) is 24.1 Å². The fourth-order valence-electron chi connectivity index (χ4n) is 2.63. The minimum Gasteiger partial charge on any atom is -0.369 e. The first-order chi connectivity index (χ1) is 11.5. The minimum absolute atomic E-state index is 0.130. The topological polar surface area (TPSA) is 73.8 Å². The van der Waals surface area contributed by atoms with Crippen LogP contribution in [0.4, 0.5) is 5.95 Å². The number of anilines is 1. The van der Waals surface area contributed by atoms with E-state index in [1.165, 1.54) is 15.0 Å². The van der Waals surface area contributed by atoms with Crippen molar-refractivity contribution in [3.63, 3.8) is 0 Å². The molecule has 0 fully saturated rings. The van der Waals surface area contributed by atoms with Crippen molar-refractivity contribution in [2.45, 2.75) is 26.2 Å². The van der Waals surface area contributed by atoms with Gasteiger partial charge in [0, 0.05) is 24.4 Å². The maximum absolute atomic E-state index is 11.8. The number of aromatic nitrogens is 3. The van der Waals surface area contributed by atoms with Crippen LogP contribution in [0.1, 0.15) is 27.4 Å². The van der Waals surface area contributed by atoms with Crippen LogP contribution in [0.5, 0.6) is 0 Å². The van der Waals surface area contributed by atoms with E-state index in [9.17, 15) is 4.79 Å². The van der Waals surface area contributed by atoms with Gasteiger partial charge in [0.1, 0.15) is 0 Å². The Hall–Kier alpha value is -2.47. The van der Waals surface area contributed by atoms with Crippen LogP contribution in [0.25, 0.3) is 0 Å². The summed E-state index contributed by atoms with van der Waals surface area (Å²) in [5.41, 5.74) is 11.8. The summed E-state index contributed by atoms with van der Waals surface area (Å²) in [6.07, 6.45) is 2.58. The van der Waals surface area contributed by atoms with Gasteiger partial charge in [0.05, 0.1) is 16.9 Å². The Morgan fingerprint density at radius 1 is 1.21 bits per heavy atom. The molecular weight excluding hydrogens is 320 g/mol. The zero-order valence-electron chi connectivity index (χ0n) is 13.8. The highest BCUT2D eigenvalue weighted by Gasteiger charge is 2.06. The van der Waals surface area contributed by atoms with Crippen molar-refractivity contribution in [3.05, 3.63) is 73.6 Å². The minimum atomic E-state index is -0.130. The fraction of sp³-hybridized carbons (Fsp3) is 0.278. The molecule has 0 atom stereocenters. The van der Waals surface area contributed by atoms with Gasteiger partial charge in [0.25, 0.3) is 5.56 Å². The molecule has 3 aromatic rings. The molecule has 0 aliphatic heterocycles. The molecule has 24 heavy (non-hydrogen) atoms. The molecule has 1 aromatic carbocycles. The Bertz CT molecular complexity index is 913. The average Bonchev–Trinajstić information content (AvgIpc) is 2.96. The van der Waals surface area contributed by atoms with Gasteiger partial charge in [0.15, 0.2) is 0 Å². The van der Waals surface area contributed by atoms with Crippen molar-refractivity contribution < 1.29 is 0 Å². The van der Waals surface area contributed by atoms with Crippen LogP contribution in [0.3, 0.4) is 0 Å².